The summed E-state index contributed by atoms with van der Waals surface area (Å²) >= 11 is 3.80. The van der Waals surface area contributed by atoms with Crippen LogP contribution in [-0.2, 0) is 11.2 Å². The van der Waals surface area contributed by atoms with E-state index in [2.05, 4.69) is 56.9 Å². The number of aldehydes is 1. The van der Waals surface area contributed by atoms with Gasteiger partial charge in [0.15, 0.2) is 6.29 Å². The van der Waals surface area contributed by atoms with Crippen molar-refractivity contribution in [1.29, 1.82) is 0 Å². The molecule has 1 aromatic carbocycles. The molecule has 0 unspecified atom stereocenters. The zero-order chi connectivity index (χ0) is 14.4. The minimum Gasteiger partial charge on any atom is -0.298 e. The molecule has 6 heteroatoms. The summed E-state index contributed by atoms with van der Waals surface area (Å²) < 4.78 is 1.21. The van der Waals surface area contributed by atoms with Gasteiger partial charge in [0.05, 0.1) is 5.70 Å². The second-order valence-electron chi connectivity index (χ2n) is 4.04. The molecule has 0 spiro atoms. The van der Waals surface area contributed by atoms with E-state index in [-0.39, 0.29) is 5.70 Å². The topological polar surface area (TPSA) is 65.8 Å². The van der Waals surface area contributed by atoms with Gasteiger partial charge in [-0.1, -0.05) is 17.2 Å². The van der Waals surface area contributed by atoms with Gasteiger partial charge in [-0.2, -0.15) is 0 Å². The third-order valence-corrected chi connectivity index (χ3v) is 4.21. The Hall–Kier alpha value is -1.63. The molecule has 20 heavy (non-hydrogen) atoms. The number of hydrogen-bond acceptors (Lipinski definition) is 3. The van der Waals surface area contributed by atoms with Crippen molar-refractivity contribution in [2.75, 3.05) is 0 Å². The molecule has 0 aliphatic rings. The number of carbonyl (C=O) groups excluding carboxylic acids is 1. The van der Waals surface area contributed by atoms with E-state index in [9.17, 15) is 4.79 Å². The van der Waals surface area contributed by atoms with Crippen LogP contribution in [0.25, 0.3) is 16.5 Å². The van der Waals surface area contributed by atoms with E-state index >= 15 is 0 Å². The van der Waals surface area contributed by atoms with Crippen molar-refractivity contribution >= 4 is 46.3 Å². The lowest BCUT2D eigenvalue weighted by Crippen LogP contribution is -1.85. The van der Waals surface area contributed by atoms with E-state index in [4.69, 9.17) is 5.53 Å². The highest BCUT2D eigenvalue weighted by Crippen LogP contribution is 2.21. The largest absolute Gasteiger partial charge is 0.298 e. The lowest BCUT2D eigenvalue weighted by atomic mass is 10.1. The van der Waals surface area contributed by atoms with Crippen molar-refractivity contribution in [3.05, 3.63) is 71.4 Å². The van der Waals surface area contributed by atoms with Crippen molar-refractivity contribution in [2.45, 2.75) is 6.42 Å². The molecule has 4 nitrogen and oxygen atoms in total. The lowest BCUT2D eigenvalue weighted by Gasteiger charge is -1.98. The zero-order valence-corrected chi connectivity index (χ0v) is 13.3. The molecule has 0 N–H and O–H groups in total. The fraction of sp³-hybridized carbons (Fsp3) is 0.0714. The highest BCUT2D eigenvalue weighted by Gasteiger charge is 2.01. The fourth-order valence-corrected chi connectivity index (χ4v) is 2.89. The van der Waals surface area contributed by atoms with E-state index < -0.39 is 0 Å². The summed E-state index contributed by atoms with van der Waals surface area (Å²) in [5.74, 6) is 0. The highest BCUT2D eigenvalue weighted by molar-refractivity contribution is 14.1. The van der Waals surface area contributed by atoms with Crippen LogP contribution in [0.1, 0.15) is 16.0 Å². The maximum Gasteiger partial charge on any atom is 0.152 e. The Morgan fingerprint density at radius 1 is 1.35 bits per heavy atom. The van der Waals surface area contributed by atoms with Gasteiger partial charge >= 0.3 is 0 Å². The van der Waals surface area contributed by atoms with Crippen LogP contribution in [0, 0.1) is 3.57 Å². The Kier molecular flexibility index (Phi) is 5.34. The Morgan fingerprint density at radius 3 is 2.75 bits per heavy atom. The summed E-state index contributed by atoms with van der Waals surface area (Å²) in [5, 5.41) is 5.36. The molecule has 0 aliphatic heterocycles. The first kappa shape index (κ1) is 14.8. The minimum absolute atomic E-state index is 0.0927. The summed E-state index contributed by atoms with van der Waals surface area (Å²) in [4.78, 5) is 14.2. The molecule has 2 rings (SSSR count). The summed E-state index contributed by atoms with van der Waals surface area (Å²) in [7, 11) is 0. The molecule has 0 saturated heterocycles. The molecule has 0 amide bonds. The van der Waals surface area contributed by atoms with Gasteiger partial charge in [0.1, 0.15) is 0 Å². The number of rotatable bonds is 5. The predicted octanol–water partition coefficient (Wildman–Crippen LogP) is 4.79. The first-order chi connectivity index (χ1) is 9.71. The summed E-state index contributed by atoms with van der Waals surface area (Å²) in [6.45, 7) is 0. The van der Waals surface area contributed by atoms with Gasteiger partial charge in [0.25, 0.3) is 0 Å². The summed E-state index contributed by atoms with van der Waals surface area (Å²) in [6.07, 6.45) is 2.99. The van der Waals surface area contributed by atoms with Crippen LogP contribution in [0.5, 0.6) is 0 Å². The van der Waals surface area contributed by atoms with Crippen LogP contribution < -0.4 is 0 Å². The van der Waals surface area contributed by atoms with Crippen molar-refractivity contribution in [2.24, 2.45) is 5.11 Å². The van der Waals surface area contributed by atoms with E-state index in [0.29, 0.717) is 6.29 Å². The third kappa shape index (κ3) is 4.19. The average Bonchev–Trinajstić information content (AvgIpc) is 2.88. The van der Waals surface area contributed by atoms with Crippen LogP contribution in [0.2, 0.25) is 0 Å². The molecule has 2 aromatic rings. The molecule has 0 radical (unpaired) electrons. The maximum atomic E-state index is 10.7. The second-order valence-corrected chi connectivity index (χ2v) is 6.23. The monoisotopic (exact) mass is 395 g/mol. The standard InChI is InChI=1S/C14H10IN3OS/c15-12-3-1-10(2-4-12)5-11-6-14(20-9-11)7-13(8-19)17-18-16/h1-4,6-9H,5H2/b13-7-. The smallest absolute Gasteiger partial charge is 0.152 e. The molecular weight excluding hydrogens is 385 g/mol. The summed E-state index contributed by atoms with van der Waals surface area (Å²) in [6, 6.07) is 10.4. The van der Waals surface area contributed by atoms with Crippen molar-refractivity contribution in [3.8, 4) is 0 Å². The average molecular weight is 395 g/mol. The number of azide groups is 1. The SMILES string of the molecule is [N-]=[N+]=N/C(C=O)=C\c1cc(Cc2ccc(I)cc2)cs1. The molecule has 1 aromatic heterocycles. The zero-order valence-electron chi connectivity index (χ0n) is 10.4. The molecule has 0 atom stereocenters. The lowest BCUT2D eigenvalue weighted by molar-refractivity contribution is -0.104. The number of allylic oxidation sites excluding steroid dienone is 1. The van der Waals surface area contributed by atoms with Gasteiger partial charge < -0.3 is 0 Å². The predicted molar refractivity (Wildman–Crippen MR) is 89.5 cm³/mol. The molecule has 0 bridgehead atoms. The third-order valence-electron chi connectivity index (χ3n) is 2.57. The van der Waals surface area contributed by atoms with Crippen LogP contribution >= 0.6 is 33.9 Å². The molecule has 0 saturated carbocycles. The Bertz CT molecular complexity index is 685. The van der Waals surface area contributed by atoms with Crippen LogP contribution in [0.3, 0.4) is 0 Å². The number of halogens is 1. The number of carbonyl (C=O) groups is 1. The number of hydrogen-bond donors (Lipinski definition) is 0. The summed E-state index contributed by atoms with van der Waals surface area (Å²) in [5.41, 5.74) is 10.8. The van der Waals surface area contributed by atoms with Gasteiger partial charge in [0.2, 0.25) is 0 Å². The van der Waals surface area contributed by atoms with E-state index in [1.165, 1.54) is 26.0 Å². The molecule has 0 aliphatic carbocycles. The maximum absolute atomic E-state index is 10.7. The molecular formula is C14H10IN3OS. The van der Waals surface area contributed by atoms with Crippen LogP contribution in [0.4, 0.5) is 0 Å². The number of benzene rings is 1. The van der Waals surface area contributed by atoms with Gasteiger partial charge in [-0.25, -0.2) is 0 Å². The highest BCUT2D eigenvalue weighted by atomic mass is 127. The second kappa shape index (κ2) is 7.23. The van der Waals surface area contributed by atoms with Gasteiger partial charge in [-0.05, 0) is 75.3 Å². The van der Waals surface area contributed by atoms with Gasteiger partial charge in [-0.15, -0.1) is 11.3 Å². The van der Waals surface area contributed by atoms with Crippen molar-refractivity contribution in [3.63, 3.8) is 0 Å². The quantitative estimate of drug-likeness (QED) is 0.179. The van der Waals surface area contributed by atoms with Gasteiger partial charge in [0, 0.05) is 13.4 Å². The molecule has 100 valence electrons. The van der Waals surface area contributed by atoms with Gasteiger partial charge in [-0.3, -0.25) is 4.79 Å². The van der Waals surface area contributed by atoms with Crippen LogP contribution in [-0.4, -0.2) is 6.29 Å². The van der Waals surface area contributed by atoms with E-state index in [1.807, 2.05) is 11.4 Å². The Morgan fingerprint density at radius 2 is 2.10 bits per heavy atom. The number of thiophene rings is 1. The Labute approximate surface area is 133 Å². The van der Waals surface area contributed by atoms with Crippen molar-refractivity contribution < 1.29 is 4.79 Å². The minimum atomic E-state index is 0.0927. The molecule has 0 fully saturated rings. The van der Waals surface area contributed by atoms with E-state index in [0.717, 1.165) is 11.3 Å². The first-order valence-electron chi connectivity index (χ1n) is 5.75. The number of nitrogens with zero attached hydrogens (tertiary/aromatic N) is 3. The molecule has 1 heterocycles. The Balaban J connectivity index is 2.14. The first-order valence-corrected chi connectivity index (χ1v) is 7.71. The van der Waals surface area contributed by atoms with Crippen molar-refractivity contribution in [1.82, 2.24) is 0 Å². The van der Waals surface area contributed by atoms with E-state index in [1.54, 1.807) is 6.08 Å². The fourth-order valence-electron chi connectivity index (χ4n) is 1.68. The normalized spacial score (nSPS) is 10.9. The van der Waals surface area contributed by atoms with Crippen LogP contribution in [0.15, 0.2) is 46.5 Å².